The zero-order valence-electron chi connectivity index (χ0n) is 43.2. The van der Waals surface area contributed by atoms with E-state index in [4.69, 9.17) is 18.9 Å². The summed E-state index contributed by atoms with van der Waals surface area (Å²) in [5.41, 5.74) is 1.22. The van der Waals surface area contributed by atoms with Gasteiger partial charge in [-0.2, -0.15) is 0 Å². The van der Waals surface area contributed by atoms with Gasteiger partial charge in [-0.05, 0) is 73.8 Å². The predicted molar refractivity (Wildman–Crippen MR) is 281 cm³/mol. The minimum atomic E-state index is -0.327. The minimum absolute atomic E-state index is 0.152. The fourth-order valence-electron chi connectivity index (χ4n) is 11.2. The van der Waals surface area contributed by atoms with Crippen molar-refractivity contribution in [3.8, 4) is 11.5 Å². The van der Waals surface area contributed by atoms with Gasteiger partial charge in [-0.25, -0.2) is 9.59 Å². The molecule has 2 saturated carbocycles. The molecular formula is C61H96O6. The lowest BCUT2D eigenvalue weighted by molar-refractivity contribution is -0.148. The van der Waals surface area contributed by atoms with Gasteiger partial charge in [-0.3, -0.25) is 0 Å². The number of benzene rings is 3. The highest BCUT2D eigenvalue weighted by molar-refractivity contribution is 6.11. The summed E-state index contributed by atoms with van der Waals surface area (Å²) in [6.45, 7) is 7.44. The maximum Gasteiger partial charge on any atom is 0.344 e. The van der Waals surface area contributed by atoms with Crippen LogP contribution < -0.4 is 9.47 Å². The van der Waals surface area contributed by atoms with Gasteiger partial charge in [0.1, 0.15) is 11.5 Å². The molecule has 0 radical (unpaired) electrons. The summed E-state index contributed by atoms with van der Waals surface area (Å²) in [5.74, 6) is 3.18. The summed E-state index contributed by atoms with van der Waals surface area (Å²) >= 11 is 0. The van der Waals surface area contributed by atoms with E-state index in [2.05, 4.69) is 39.0 Å². The zero-order valence-corrected chi connectivity index (χ0v) is 43.2. The lowest BCUT2D eigenvalue weighted by Crippen LogP contribution is -2.23. The van der Waals surface area contributed by atoms with Crippen LogP contribution >= 0.6 is 0 Å². The smallest absolute Gasteiger partial charge is 0.344 e. The molecule has 0 atom stereocenters. The molecular weight excluding hydrogens is 829 g/mol. The SMILES string of the molecule is CCCCCCCCCCCCC1CCC(COC(=O)COc2c3ccccc3c(OCC(=O)OCC3CCC(CCCCCCCCCCCC)CC3)c3cc(CCCCC)ccc23)CC1. The summed E-state index contributed by atoms with van der Waals surface area (Å²) in [4.78, 5) is 26.5. The molecule has 0 unspecified atom stereocenters. The second kappa shape index (κ2) is 33.3. The Morgan fingerprint density at radius 2 is 0.776 bits per heavy atom. The van der Waals surface area contributed by atoms with Crippen LogP contribution in [0.15, 0.2) is 42.5 Å². The Kier molecular flexibility index (Phi) is 27.2. The molecule has 67 heavy (non-hydrogen) atoms. The van der Waals surface area contributed by atoms with E-state index in [9.17, 15) is 9.59 Å². The van der Waals surface area contributed by atoms with Crippen LogP contribution in [0, 0.1) is 23.7 Å². The summed E-state index contributed by atoms with van der Waals surface area (Å²) in [5, 5.41) is 3.45. The Labute approximate surface area is 409 Å². The van der Waals surface area contributed by atoms with Crippen molar-refractivity contribution in [2.45, 2.75) is 239 Å². The molecule has 0 aliphatic heterocycles. The number of esters is 2. The predicted octanol–water partition coefficient (Wildman–Crippen LogP) is 17.8. The minimum Gasteiger partial charge on any atom is -0.481 e. The van der Waals surface area contributed by atoms with Crippen LogP contribution in [0.1, 0.15) is 238 Å². The Morgan fingerprint density at radius 1 is 0.418 bits per heavy atom. The fraction of sp³-hybridized carbons (Fsp3) is 0.738. The average Bonchev–Trinajstić information content (AvgIpc) is 3.35. The van der Waals surface area contributed by atoms with Crippen LogP contribution in [0.5, 0.6) is 11.5 Å². The molecule has 0 spiro atoms. The van der Waals surface area contributed by atoms with Crippen molar-refractivity contribution in [1.82, 2.24) is 0 Å². The normalized spacial score (nSPS) is 18.6. The molecule has 376 valence electrons. The van der Waals surface area contributed by atoms with Gasteiger partial charge >= 0.3 is 11.9 Å². The van der Waals surface area contributed by atoms with Gasteiger partial charge in [0.2, 0.25) is 0 Å². The Balaban J connectivity index is 1.06. The highest BCUT2D eigenvalue weighted by Gasteiger charge is 2.25. The molecule has 5 rings (SSSR count). The van der Waals surface area contributed by atoms with E-state index >= 15 is 0 Å². The first-order chi connectivity index (χ1) is 33.0. The van der Waals surface area contributed by atoms with Crippen LogP contribution in [0.3, 0.4) is 0 Å². The number of hydrogen-bond donors (Lipinski definition) is 0. The number of carbonyl (C=O) groups is 2. The second-order valence-corrected chi connectivity index (χ2v) is 21.2. The van der Waals surface area contributed by atoms with E-state index in [0.717, 1.165) is 78.3 Å². The standard InChI is InChI=1S/C61H96O6/c1-4-7-10-12-14-16-18-20-22-25-29-49-34-38-52(39-35-49)45-64-58(62)47-66-60-54-32-27-28-33-55(54)61(57-44-51(31-24-9-6-3)42-43-56(57)60)67-48-59(63)65-46-53-40-36-50(37-41-53)30-26-23-21-19-17-15-13-11-8-5-2/h27-28,32-33,42-44,49-50,52-53H,4-26,29-31,34-41,45-48H2,1-3H3. The van der Waals surface area contributed by atoms with Gasteiger partial charge in [0.05, 0.1) is 13.2 Å². The van der Waals surface area contributed by atoms with Crippen molar-refractivity contribution >= 4 is 33.5 Å². The Hall–Kier alpha value is -3.28. The molecule has 6 heteroatoms. The lowest BCUT2D eigenvalue weighted by atomic mass is 9.80. The quantitative estimate of drug-likeness (QED) is 0.0329. The van der Waals surface area contributed by atoms with E-state index < -0.39 is 0 Å². The zero-order chi connectivity index (χ0) is 47.2. The first kappa shape index (κ1) is 54.7. The topological polar surface area (TPSA) is 71.1 Å². The highest BCUT2D eigenvalue weighted by Crippen LogP contribution is 2.43. The number of rotatable bonds is 36. The fourth-order valence-corrected chi connectivity index (χ4v) is 11.2. The summed E-state index contributed by atoms with van der Waals surface area (Å²) < 4.78 is 24.6. The third-order valence-corrected chi connectivity index (χ3v) is 15.6. The van der Waals surface area contributed by atoms with Gasteiger partial charge in [-0.1, -0.05) is 237 Å². The van der Waals surface area contributed by atoms with Crippen molar-refractivity contribution in [2.24, 2.45) is 23.7 Å². The Bertz CT molecular complexity index is 1780. The number of fused-ring (bicyclic) bond motifs is 2. The summed E-state index contributed by atoms with van der Waals surface area (Å²) in [6, 6.07) is 14.4. The average molecular weight is 925 g/mol. The first-order valence-electron chi connectivity index (χ1n) is 28.5. The second-order valence-electron chi connectivity index (χ2n) is 21.2. The molecule has 0 heterocycles. The molecule has 0 amide bonds. The molecule has 3 aromatic carbocycles. The first-order valence-corrected chi connectivity index (χ1v) is 28.5. The molecule has 2 aliphatic rings. The maximum absolute atomic E-state index is 13.3. The Morgan fingerprint density at radius 3 is 1.21 bits per heavy atom. The summed E-state index contributed by atoms with van der Waals surface area (Å²) in [7, 11) is 0. The van der Waals surface area contributed by atoms with Gasteiger partial charge < -0.3 is 18.9 Å². The number of carbonyl (C=O) groups excluding carboxylic acids is 2. The van der Waals surface area contributed by atoms with Crippen LogP contribution in [-0.2, 0) is 25.5 Å². The van der Waals surface area contributed by atoms with E-state index in [1.807, 2.05) is 24.3 Å². The third kappa shape index (κ3) is 20.7. The van der Waals surface area contributed by atoms with Gasteiger partial charge in [0.25, 0.3) is 0 Å². The van der Waals surface area contributed by atoms with Crippen molar-refractivity contribution in [3.63, 3.8) is 0 Å². The molecule has 3 aromatic rings. The molecule has 6 nitrogen and oxygen atoms in total. The van der Waals surface area contributed by atoms with E-state index in [-0.39, 0.29) is 25.2 Å². The van der Waals surface area contributed by atoms with Crippen molar-refractivity contribution in [2.75, 3.05) is 26.4 Å². The van der Waals surface area contributed by atoms with Crippen molar-refractivity contribution < 1.29 is 28.5 Å². The number of aryl methyl sites for hydroxylation is 1. The molecule has 0 aromatic heterocycles. The molecule has 2 aliphatic carbocycles. The van der Waals surface area contributed by atoms with Crippen LogP contribution in [0.2, 0.25) is 0 Å². The van der Waals surface area contributed by atoms with Gasteiger partial charge in [-0.15, -0.1) is 0 Å². The monoisotopic (exact) mass is 925 g/mol. The molecule has 2 fully saturated rings. The van der Waals surface area contributed by atoms with E-state index in [0.29, 0.717) is 36.5 Å². The lowest BCUT2D eigenvalue weighted by Gasteiger charge is -2.28. The van der Waals surface area contributed by atoms with Crippen LogP contribution in [-0.4, -0.2) is 38.4 Å². The van der Waals surface area contributed by atoms with Crippen LogP contribution in [0.25, 0.3) is 21.5 Å². The maximum atomic E-state index is 13.3. The van der Waals surface area contributed by atoms with Gasteiger partial charge in [0, 0.05) is 21.5 Å². The number of ether oxygens (including phenoxy) is 4. The van der Waals surface area contributed by atoms with E-state index in [1.54, 1.807) is 0 Å². The van der Waals surface area contributed by atoms with Crippen molar-refractivity contribution in [1.29, 1.82) is 0 Å². The number of hydrogen-bond acceptors (Lipinski definition) is 6. The molecule has 0 N–H and O–H groups in total. The number of unbranched alkanes of at least 4 members (excludes halogenated alkanes) is 20. The van der Waals surface area contributed by atoms with Gasteiger partial charge in [0.15, 0.2) is 13.2 Å². The summed E-state index contributed by atoms with van der Waals surface area (Å²) in [6.07, 6.45) is 44.5. The molecule has 0 saturated heterocycles. The highest BCUT2D eigenvalue weighted by atomic mass is 16.6. The van der Waals surface area contributed by atoms with Crippen LogP contribution in [0.4, 0.5) is 0 Å². The van der Waals surface area contributed by atoms with E-state index in [1.165, 1.54) is 179 Å². The third-order valence-electron chi connectivity index (χ3n) is 15.6. The molecule has 0 bridgehead atoms. The largest absolute Gasteiger partial charge is 0.481 e. The van der Waals surface area contributed by atoms with Crippen molar-refractivity contribution in [3.05, 3.63) is 48.0 Å².